The molecular formula is C26H35N3O3S. The topological polar surface area (TPSA) is 61.9 Å². The summed E-state index contributed by atoms with van der Waals surface area (Å²) in [6, 6.07) is 6.44. The van der Waals surface area contributed by atoms with Crippen molar-refractivity contribution in [3.8, 4) is 0 Å². The summed E-state index contributed by atoms with van der Waals surface area (Å²) in [5.74, 6) is 0.220. The van der Waals surface area contributed by atoms with E-state index in [1.165, 1.54) is 21.7 Å². The van der Waals surface area contributed by atoms with Gasteiger partial charge < -0.3 is 15.0 Å². The van der Waals surface area contributed by atoms with E-state index in [-0.39, 0.29) is 11.9 Å². The van der Waals surface area contributed by atoms with Gasteiger partial charge in [-0.1, -0.05) is 19.1 Å². The van der Waals surface area contributed by atoms with Crippen LogP contribution in [-0.4, -0.2) is 56.1 Å². The Morgan fingerprint density at radius 1 is 1.18 bits per heavy atom. The number of rotatable bonds is 6. The number of ether oxygens (including phenoxy) is 1. The first kappa shape index (κ1) is 23.8. The fourth-order valence-electron chi connectivity index (χ4n) is 4.85. The van der Waals surface area contributed by atoms with E-state index in [0.717, 1.165) is 51.0 Å². The molecule has 4 rings (SSSR count). The number of amides is 1. The van der Waals surface area contributed by atoms with Crippen LogP contribution in [0.15, 0.2) is 18.2 Å². The Labute approximate surface area is 200 Å². The molecule has 178 valence electrons. The number of carbonyl (C=O) groups excluding carboxylic acids is 2. The molecule has 1 atom stereocenters. The van der Waals surface area contributed by atoms with Gasteiger partial charge in [-0.05, 0) is 68.7 Å². The number of fused-ring (bicyclic) bond motifs is 1. The van der Waals surface area contributed by atoms with Gasteiger partial charge in [0.2, 0.25) is 5.91 Å². The summed E-state index contributed by atoms with van der Waals surface area (Å²) in [6.45, 7) is 12.5. The molecule has 2 aliphatic rings. The second kappa shape index (κ2) is 10.3. The first-order valence-corrected chi connectivity index (χ1v) is 12.8. The molecule has 0 bridgehead atoms. The second-order valence-corrected chi connectivity index (χ2v) is 10.4. The molecule has 1 amide bonds. The van der Waals surface area contributed by atoms with Crippen molar-refractivity contribution < 1.29 is 14.3 Å². The Morgan fingerprint density at radius 3 is 2.67 bits per heavy atom. The third kappa shape index (κ3) is 5.25. The van der Waals surface area contributed by atoms with Gasteiger partial charge in [-0.2, -0.15) is 0 Å². The number of esters is 1. The normalized spacial score (nSPS) is 18.7. The Bertz CT molecular complexity index is 1020. The van der Waals surface area contributed by atoms with Gasteiger partial charge in [-0.15, -0.1) is 11.3 Å². The zero-order chi connectivity index (χ0) is 23.5. The number of nitrogens with one attached hydrogen (secondary N) is 1. The number of hydrogen-bond donors (Lipinski definition) is 1. The average molecular weight is 470 g/mol. The Kier molecular flexibility index (Phi) is 7.39. The zero-order valence-corrected chi connectivity index (χ0v) is 21.0. The lowest BCUT2D eigenvalue weighted by molar-refractivity contribution is -0.117. The average Bonchev–Trinajstić information content (AvgIpc) is 3.13. The molecule has 1 aromatic heterocycles. The van der Waals surface area contributed by atoms with Crippen molar-refractivity contribution in [1.82, 2.24) is 4.90 Å². The van der Waals surface area contributed by atoms with Gasteiger partial charge in [0, 0.05) is 36.7 Å². The molecule has 1 fully saturated rings. The highest BCUT2D eigenvalue weighted by Gasteiger charge is 2.29. The van der Waals surface area contributed by atoms with Crippen molar-refractivity contribution in [2.24, 2.45) is 5.92 Å². The van der Waals surface area contributed by atoms with E-state index in [9.17, 15) is 9.59 Å². The molecule has 0 radical (unpaired) electrons. The maximum Gasteiger partial charge on any atom is 0.341 e. The Hall–Kier alpha value is -2.38. The van der Waals surface area contributed by atoms with Gasteiger partial charge in [-0.25, -0.2) is 4.79 Å². The van der Waals surface area contributed by atoms with E-state index < -0.39 is 0 Å². The van der Waals surface area contributed by atoms with Crippen LogP contribution in [0, 0.1) is 19.8 Å². The zero-order valence-electron chi connectivity index (χ0n) is 20.2. The lowest BCUT2D eigenvalue weighted by Gasteiger charge is -2.36. The van der Waals surface area contributed by atoms with Crippen molar-refractivity contribution in [3.63, 3.8) is 0 Å². The van der Waals surface area contributed by atoms with Crippen LogP contribution in [0.5, 0.6) is 0 Å². The van der Waals surface area contributed by atoms with Crippen LogP contribution in [0.1, 0.15) is 52.2 Å². The van der Waals surface area contributed by atoms with Gasteiger partial charge >= 0.3 is 5.97 Å². The van der Waals surface area contributed by atoms with Crippen LogP contribution in [-0.2, 0) is 22.4 Å². The van der Waals surface area contributed by atoms with Crippen molar-refractivity contribution >= 4 is 33.9 Å². The number of nitrogens with zero attached hydrogens (tertiary/aromatic N) is 2. The van der Waals surface area contributed by atoms with Gasteiger partial charge in [0.05, 0.1) is 18.7 Å². The summed E-state index contributed by atoms with van der Waals surface area (Å²) in [7, 11) is 0. The summed E-state index contributed by atoms with van der Waals surface area (Å²) in [4.78, 5) is 31.4. The van der Waals surface area contributed by atoms with E-state index in [2.05, 4.69) is 54.1 Å². The first-order chi connectivity index (χ1) is 15.9. The molecule has 1 saturated heterocycles. The highest BCUT2D eigenvalue weighted by molar-refractivity contribution is 7.17. The molecule has 2 aromatic rings. The van der Waals surface area contributed by atoms with Crippen LogP contribution >= 0.6 is 11.3 Å². The van der Waals surface area contributed by atoms with Crippen LogP contribution in [0.2, 0.25) is 0 Å². The highest BCUT2D eigenvalue weighted by atomic mass is 32.1. The van der Waals surface area contributed by atoms with Crippen LogP contribution in [0.4, 0.5) is 10.7 Å². The number of piperazine rings is 1. The summed E-state index contributed by atoms with van der Waals surface area (Å²) in [6.07, 6.45) is 2.90. The maximum atomic E-state index is 12.9. The number of carbonyl (C=O) groups is 2. The fraction of sp³-hybridized carbons (Fsp3) is 0.538. The maximum absolute atomic E-state index is 12.9. The molecule has 1 aliphatic heterocycles. The van der Waals surface area contributed by atoms with Gasteiger partial charge in [0.15, 0.2) is 0 Å². The number of aryl methyl sites for hydroxylation is 1. The van der Waals surface area contributed by atoms with Gasteiger partial charge in [0.1, 0.15) is 5.00 Å². The van der Waals surface area contributed by atoms with Crippen LogP contribution < -0.4 is 10.2 Å². The van der Waals surface area contributed by atoms with Gasteiger partial charge in [0.25, 0.3) is 0 Å². The number of benzene rings is 1. The lowest BCUT2D eigenvalue weighted by atomic mass is 9.88. The molecule has 0 saturated carbocycles. The third-order valence-corrected chi connectivity index (χ3v) is 8.07. The minimum Gasteiger partial charge on any atom is -0.462 e. The van der Waals surface area contributed by atoms with E-state index >= 15 is 0 Å². The summed E-state index contributed by atoms with van der Waals surface area (Å²) in [5.41, 5.74) is 5.58. The quantitative estimate of drug-likeness (QED) is 0.635. The first-order valence-electron chi connectivity index (χ1n) is 12.0. The standard InChI is InChI=1S/C26H35N3O3S/c1-5-32-26(31)24-20-10-9-17(2)15-22(20)33-25(24)27-23(30)16-28-11-13-29(14-12-28)21-8-6-7-18(3)19(21)4/h6-8,17H,5,9-16H2,1-4H3,(H,27,30). The molecule has 1 aliphatic carbocycles. The molecule has 1 N–H and O–H groups in total. The summed E-state index contributed by atoms with van der Waals surface area (Å²) < 4.78 is 5.32. The summed E-state index contributed by atoms with van der Waals surface area (Å²) in [5, 5.41) is 3.71. The predicted molar refractivity (Wildman–Crippen MR) is 135 cm³/mol. The smallest absolute Gasteiger partial charge is 0.341 e. The molecule has 0 spiro atoms. The van der Waals surface area contributed by atoms with E-state index in [1.54, 1.807) is 11.3 Å². The van der Waals surface area contributed by atoms with Crippen LogP contribution in [0.3, 0.4) is 0 Å². The molecule has 2 heterocycles. The van der Waals surface area contributed by atoms with E-state index in [4.69, 9.17) is 4.74 Å². The lowest BCUT2D eigenvalue weighted by Crippen LogP contribution is -2.48. The van der Waals surface area contributed by atoms with Crippen molar-refractivity contribution in [2.75, 3.05) is 49.5 Å². The molecule has 33 heavy (non-hydrogen) atoms. The molecule has 6 nitrogen and oxygen atoms in total. The molecular weight excluding hydrogens is 434 g/mol. The number of anilines is 2. The SMILES string of the molecule is CCOC(=O)c1c(NC(=O)CN2CCN(c3cccc(C)c3C)CC2)sc2c1CCC(C)C2. The minimum atomic E-state index is -0.318. The largest absolute Gasteiger partial charge is 0.462 e. The van der Waals surface area contributed by atoms with Crippen LogP contribution in [0.25, 0.3) is 0 Å². The monoisotopic (exact) mass is 469 g/mol. The minimum absolute atomic E-state index is 0.0626. The Balaban J connectivity index is 1.39. The molecule has 1 aromatic carbocycles. The summed E-state index contributed by atoms with van der Waals surface area (Å²) >= 11 is 1.55. The molecule has 1 unspecified atom stereocenters. The van der Waals surface area contributed by atoms with Gasteiger partial charge in [-0.3, -0.25) is 9.69 Å². The predicted octanol–water partition coefficient (Wildman–Crippen LogP) is 4.43. The van der Waals surface area contributed by atoms with E-state index in [0.29, 0.717) is 29.6 Å². The number of thiophene rings is 1. The van der Waals surface area contributed by atoms with Crippen molar-refractivity contribution in [1.29, 1.82) is 0 Å². The van der Waals surface area contributed by atoms with E-state index in [1.807, 2.05) is 6.92 Å². The van der Waals surface area contributed by atoms with Crippen molar-refractivity contribution in [2.45, 2.75) is 47.0 Å². The second-order valence-electron chi connectivity index (χ2n) is 9.31. The third-order valence-electron chi connectivity index (χ3n) is 6.90. The highest BCUT2D eigenvalue weighted by Crippen LogP contribution is 2.40. The molecule has 7 heteroatoms. The fourth-order valence-corrected chi connectivity index (χ4v) is 6.27. The van der Waals surface area contributed by atoms with Crippen molar-refractivity contribution in [3.05, 3.63) is 45.3 Å². The Morgan fingerprint density at radius 2 is 1.94 bits per heavy atom. The number of hydrogen-bond acceptors (Lipinski definition) is 6.